The van der Waals surface area contributed by atoms with Gasteiger partial charge in [-0.25, -0.2) is 9.07 Å². The van der Waals surface area contributed by atoms with E-state index < -0.39 is 12.1 Å². The zero-order valence-corrected chi connectivity index (χ0v) is 17.6. The van der Waals surface area contributed by atoms with Gasteiger partial charge in [0.15, 0.2) is 0 Å². The van der Waals surface area contributed by atoms with Gasteiger partial charge in [0.2, 0.25) is 0 Å². The molecule has 0 N–H and O–H groups in total. The standard InChI is InChI=1S/C25H26F4N2/c1-2-24-11-10-19(25(27,28)29)14-18(24)5-3-4-16-13-23-17(12-22(16)24)15-30-31(23)21-8-6-20(26)7-9-21/h6-9,12-13,15,18-19H,2-5,10-11,14H2,1H3. The molecule has 1 fully saturated rings. The van der Waals surface area contributed by atoms with Crippen LogP contribution in [0.3, 0.4) is 0 Å². The number of rotatable bonds is 2. The minimum atomic E-state index is -4.10. The quantitative estimate of drug-likeness (QED) is 0.396. The van der Waals surface area contributed by atoms with E-state index in [1.807, 2.05) is 10.9 Å². The van der Waals surface area contributed by atoms with Crippen molar-refractivity contribution >= 4 is 10.9 Å². The highest BCUT2D eigenvalue weighted by molar-refractivity contribution is 5.82. The third-order valence-electron chi connectivity index (χ3n) is 7.78. The monoisotopic (exact) mass is 430 g/mol. The lowest BCUT2D eigenvalue weighted by atomic mass is 9.58. The highest BCUT2D eigenvalue weighted by Gasteiger charge is 2.51. The molecule has 0 bridgehead atoms. The Morgan fingerprint density at radius 2 is 1.90 bits per heavy atom. The number of hydrogen-bond donors (Lipinski definition) is 0. The summed E-state index contributed by atoms with van der Waals surface area (Å²) >= 11 is 0. The number of nitrogens with zero attached hydrogens (tertiary/aromatic N) is 2. The van der Waals surface area contributed by atoms with Crippen LogP contribution in [0.5, 0.6) is 0 Å². The van der Waals surface area contributed by atoms with Crippen molar-refractivity contribution in [3.8, 4) is 5.69 Å². The molecule has 2 aliphatic rings. The fourth-order valence-electron chi connectivity index (χ4n) is 6.14. The zero-order valence-electron chi connectivity index (χ0n) is 17.6. The average molecular weight is 430 g/mol. The van der Waals surface area contributed by atoms with Crippen LogP contribution in [0, 0.1) is 17.7 Å². The van der Waals surface area contributed by atoms with Gasteiger partial charge in [-0.15, -0.1) is 0 Å². The van der Waals surface area contributed by atoms with Crippen molar-refractivity contribution in [2.75, 3.05) is 0 Å². The number of benzene rings is 2. The van der Waals surface area contributed by atoms with Gasteiger partial charge in [-0.1, -0.05) is 6.92 Å². The topological polar surface area (TPSA) is 17.8 Å². The Morgan fingerprint density at radius 3 is 2.61 bits per heavy atom. The second-order valence-corrected chi connectivity index (χ2v) is 9.21. The van der Waals surface area contributed by atoms with Crippen LogP contribution in [0.4, 0.5) is 17.6 Å². The van der Waals surface area contributed by atoms with E-state index in [0.29, 0.717) is 6.42 Å². The van der Waals surface area contributed by atoms with Crippen LogP contribution in [0.15, 0.2) is 42.6 Å². The molecule has 1 heterocycles. The van der Waals surface area contributed by atoms with E-state index in [9.17, 15) is 17.6 Å². The third-order valence-corrected chi connectivity index (χ3v) is 7.78. The predicted molar refractivity (Wildman–Crippen MR) is 113 cm³/mol. The van der Waals surface area contributed by atoms with E-state index >= 15 is 0 Å². The summed E-state index contributed by atoms with van der Waals surface area (Å²) in [6, 6.07) is 10.6. The molecule has 5 rings (SSSR count). The largest absolute Gasteiger partial charge is 0.391 e. The predicted octanol–water partition coefficient (Wildman–Crippen LogP) is 7.13. The molecule has 1 aromatic heterocycles. The Balaban J connectivity index is 1.60. The molecule has 3 aromatic rings. The fraction of sp³-hybridized carbons (Fsp3) is 0.480. The molecule has 0 amide bonds. The molecular weight excluding hydrogens is 404 g/mol. The molecule has 0 aliphatic heterocycles. The second-order valence-electron chi connectivity index (χ2n) is 9.21. The van der Waals surface area contributed by atoms with Crippen molar-refractivity contribution in [2.24, 2.45) is 11.8 Å². The number of halogens is 4. The smallest absolute Gasteiger partial charge is 0.233 e. The van der Waals surface area contributed by atoms with E-state index in [-0.39, 0.29) is 30.0 Å². The first kappa shape index (κ1) is 20.5. The highest BCUT2D eigenvalue weighted by Crippen LogP contribution is 2.55. The average Bonchev–Trinajstić information content (AvgIpc) is 3.08. The molecule has 2 aromatic carbocycles. The minimum Gasteiger partial charge on any atom is -0.233 e. The van der Waals surface area contributed by atoms with Crippen LogP contribution in [-0.2, 0) is 11.8 Å². The van der Waals surface area contributed by atoms with Crippen LogP contribution in [0.2, 0.25) is 0 Å². The summed E-state index contributed by atoms with van der Waals surface area (Å²) in [5.41, 5.74) is 4.01. The SMILES string of the molecule is CCC12CCC(C(F)(F)F)CC1CCCc1cc3c(cnn3-c3ccc(F)cc3)cc12. The van der Waals surface area contributed by atoms with Crippen molar-refractivity contribution in [3.05, 3.63) is 59.5 Å². The summed E-state index contributed by atoms with van der Waals surface area (Å²) in [6.07, 6.45) is 2.21. The molecule has 0 saturated heterocycles. The van der Waals surface area contributed by atoms with Gasteiger partial charge >= 0.3 is 6.18 Å². The number of hydrogen-bond acceptors (Lipinski definition) is 1. The lowest BCUT2D eigenvalue weighted by Gasteiger charge is -2.47. The van der Waals surface area contributed by atoms with Crippen molar-refractivity contribution in [1.29, 1.82) is 0 Å². The first-order valence-electron chi connectivity index (χ1n) is 11.2. The Kier molecular flexibility index (Phi) is 4.87. The van der Waals surface area contributed by atoms with Gasteiger partial charge in [-0.2, -0.15) is 18.3 Å². The van der Waals surface area contributed by atoms with Crippen molar-refractivity contribution < 1.29 is 17.6 Å². The summed E-state index contributed by atoms with van der Waals surface area (Å²) < 4.78 is 55.6. The van der Waals surface area contributed by atoms with Crippen molar-refractivity contribution in [2.45, 2.75) is 63.5 Å². The van der Waals surface area contributed by atoms with Crippen LogP contribution in [0.25, 0.3) is 16.6 Å². The molecule has 164 valence electrons. The molecular formula is C25H26F4N2. The van der Waals surface area contributed by atoms with Crippen molar-refractivity contribution in [3.63, 3.8) is 0 Å². The van der Waals surface area contributed by atoms with E-state index in [2.05, 4.69) is 24.2 Å². The maximum absolute atomic E-state index is 13.5. The fourth-order valence-corrected chi connectivity index (χ4v) is 6.14. The Bertz CT molecular complexity index is 1100. The molecule has 6 heteroatoms. The molecule has 2 nitrogen and oxygen atoms in total. The van der Waals surface area contributed by atoms with Gasteiger partial charge in [0.1, 0.15) is 5.82 Å². The molecule has 0 spiro atoms. The lowest BCUT2D eigenvalue weighted by molar-refractivity contribution is -0.191. The summed E-state index contributed by atoms with van der Waals surface area (Å²) in [5.74, 6) is -1.41. The number of alkyl halides is 3. The second kappa shape index (κ2) is 7.35. The van der Waals surface area contributed by atoms with E-state index in [1.54, 1.807) is 12.1 Å². The van der Waals surface area contributed by atoms with Gasteiger partial charge in [0.05, 0.1) is 23.3 Å². The molecule has 3 atom stereocenters. The summed E-state index contributed by atoms with van der Waals surface area (Å²) in [5, 5.41) is 5.51. The van der Waals surface area contributed by atoms with Gasteiger partial charge in [-0.3, -0.25) is 0 Å². The molecule has 0 radical (unpaired) electrons. The van der Waals surface area contributed by atoms with Crippen LogP contribution < -0.4 is 0 Å². The Morgan fingerprint density at radius 1 is 1.13 bits per heavy atom. The number of aryl methyl sites for hydroxylation is 1. The van der Waals surface area contributed by atoms with Gasteiger partial charge in [0, 0.05) is 5.39 Å². The molecule has 31 heavy (non-hydrogen) atoms. The first-order chi connectivity index (χ1) is 14.8. The third kappa shape index (κ3) is 3.35. The number of aromatic nitrogens is 2. The molecule has 2 aliphatic carbocycles. The normalized spacial score (nSPS) is 26.4. The van der Waals surface area contributed by atoms with E-state index in [4.69, 9.17) is 0 Å². The lowest BCUT2D eigenvalue weighted by Crippen LogP contribution is -2.43. The van der Waals surface area contributed by atoms with E-state index in [1.165, 1.54) is 23.3 Å². The van der Waals surface area contributed by atoms with Gasteiger partial charge < -0.3 is 0 Å². The van der Waals surface area contributed by atoms with Gasteiger partial charge in [0.25, 0.3) is 0 Å². The molecule has 3 unspecified atom stereocenters. The first-order valence-corrected chi connectivity index (χ1v) is 11.2. The van der Waals surface area contributed by atoms with E-state index in [0.717, 1.165) is 42.3 Å². The van der Waals surface area contributed by atoms with Crippen LogP contribution >= 0.6 is 0 Å². The van der Waals surface area contributed by atoms with Crippen LogP contribution in [0.1, 0.15) is 56.6 Å². The van der Waals surface area contributed by atoms with Crippen LogP contribution in [-0.4, -0.2) is 16.0 Å². The Labute approximate surface area is 179 Å². The maximum atomic E-state index is 13.5. The molecule has 1 saturated carbocycles. The Hall–Kier alpha value is -2.37. The number of fused-ring (bicyclic) bond motifs is 4. The maximum Gasteiger partial charge on any atom is 0.391 e. The minimum absolute atomic E-state index is 0.0590. The summed E-state index contributed by atoms with van der Waals surface area (Å²) in [7, 11) is 0. The van der Waals surface area contributed by atoms with Crippen molar-refractivity contribution in [1.82, 2.24) is 9.78 Å². The summed E-state index contributed by atoms with van der Waals surface area (Å²) in [6.45, 7) is 2.13. The zero-order chi connectivity index (χ0) is 21.8. The summed E-state index contributed by atoms with van der Waals surface area (Å²) in [4.78, 5) is 0. The highest BCUT2D eigenvalue weighted by atomic mass is 19.4. The van der Waals surface area contributed by atoms with Gasteiger partial charge in [-0.05, 0) is 104 Å².